The highest BCUT2D eigenvalue weighted by molar-refractivity contribution is 7.17. The van der Waals surface area contributed by atoms with Crippen molar-refractivity contribution in [1.29, 1.82) is 0 Å². The van der Waals surface area contributed by atoms with Crippen LogP contribution in [0.3, 0.4) is 0 Å². The first-order valence-corrected chi connectivity index (χ1v) is 11.5. The molecule has 0 saturated heterocycles. The Labute approximate surface area is 187 Å². The van der Waals surface area contributed by atoms with Gasteiger partial charge in [-0.1, -0.05) is 62.7 Å². The topological polar surface area (TPSA) is 24.1 Å². The van der Waals surface area contributed by atoms with Crippen LogP contribution >= 0.6 is 22.9 Å². The molecule has 154 valence electrons. The van der Waals surface area contributed by atoms with Gasteiger partial charge in [0.05, 0.1) is 0 Å². The highest BCUT2D eigenvalue weighted by Gasteiger charge is 2.12. The molecule has 0 radical (unpaired) electrons. The summed E-state index contributed by atoms with van der Waals surface area (Å²) >= 11 is 7.94. The molecule has 1 heterocycles. The van der Waals surface area contributed by atoms with E-state index in [2.05, 4.69) is 91.4 Å². The third-order valence-corrected chi connectivity index (χ3v) is 6.53. The van der Waals surface area contributed by atoms with Crippen LogP contribution in [-0.4, -0.2) is 0 Å². The second-order valence-corrected chi connectivity index (χ2v) is 9.98. The number of halogens is 1. The van der Waals surface area contributed by atoms with Crippen LogP contribution in [0, 0.1) is 0 Å². The summed E-state index contributed by atoms with van der Waals surface area (Å²) in [6.45, 7) is 8.31. The van der Waals surface area contributed by atoms with Gasteiger partial charge < -0.3 is 10.6 Å². The van der Waals surface area contributed by atoms with Crippen molar-refractivity contribution in [3.8, 4) is 0 Å². The number of anilines is 2. The highest BCUT2D eigenvalue weighted by Crippen LogP contribution is 2.29. The highest BCUT2D eigenvalue weighted by atomic mass is 35.5. The van der Waals surface area contributed by atoms with Crippen molar-refractivity contribution < 1.29 is 0 Å². The van der Waals surface area contributed by atoms with E-state index in [0.717, 1.165) is 29.5 Å². The minimum absolute atomic E-state index is 0.186. The lowest BCUT2D eigenvalue weighted by Crippen LogP contribution is -2.11. The van der Waals surface area contributed by atoms with E-state index in [1.165, 1.54) is 26.8 Å². The van der Waals surface area contributed by atoms with Crippen molar-refractivity contribution in [2.24, 2.45) is 0 Å². The Hall–Kier alpha value is -2.49. The molecule has 30 heavy (non-hydrogen) atoms. The SMILES string of the molecule is CC(C)(C)c1ccc(CNc2cccc(NCc3csc4ccc(Cl)cc34)c2)cc1. The lowest BCUT2D eigenvalue weighted by Gasteiger charge is -2.19. The van der Waals surface area contributed by atoms with Gasteiger partial charge in [-0.15, -0.1) is 11.3 Å². The number of rotatable bonds is 6. The molecule has 0 unspecified atom stereocenters. The van der Waals surface area contributed by atoms with Crippen molar-refractivity contribution in [2.75, 3.05) is 10.6 Å². The zero-order valence-electron chi connectivity index (χ0n) is 17.6. The molecule has 2 nitrogen and oxygen atoms in total. The van der Waals surface area contributed by atoms with E-state index in [1.807, 2.05) is 12.1 Å². The average Bonchev–Trinajstić information content (AvgIpc) is 3.13. The molecular formula is C26H27ClN2S. The molecule has 0 bridgehead atoms. The summed E-state index contributed by atoms with van der Waals surface area (Å²) in [5.41, 5.74) is 6.31. The van der Waals surface area contributed by atoms with Crippen molar-refractivity contribution in [3.63, 3.8) is 0 Å². The molecule has 1 aromatic heterocycles. The fourth-order valence-electron chi connectivity index (χ4n) is 3.45. The van der Waals surface area contributed by atoms with E-state index in [4.69, 9.17) is 11.6 Å². The maximum atomic E-state index is 6.18. The van der Waals surface area contributed by atoms with Gasteiger partial charge in [0.25, 0.3) is 0 Å². The van der Waals surface area contributed by atoms with E-state index in [9.17, 15) is 0 Å². The number of hydrogen-bond donors (Lipinski definition) is 2. The van der Waals surface area contributed by atoms with Crippen molar-refractivity contribution in [2.45, 2.75) is 39.3 Å². The quantitative estimate of drug-likeness (QED) is 0.320. The first-order chi connectivity index (χ1) is 14.4. The van der Waals surface area contributed by atoms with Gasteiger partial charge in [0.15, 0.2) is 0 Å². The average molecular weight is 435 g/mol. The van der Waals surface area contributed by atoms with E-state index >= 15 is 0 Å². The van der Waals surface area contributed by atoms with Crippen LogP contribution in [0.4, 0.5) is 11.4 Å². The Kier molecular flexibility index (Phi) is 6.03. The summed E-state index contributed by atoms with van der Waals surface area (Å²) in [5, 5.41) is 11.3. The van der Waals surface area contributed by atoms with Crippen LogP contribution in [0.1, 0.15) is 37.5 Å². The van der Waals surface area contributed by atoms with E-state index in [0.29, 0.717) is 0 Å². The van der Waals surface area contributed by atoms with Gasteiger partial charge in [-0.2, -0.15) is 0 Å². The molecule has 0 atom stereocenters. The Morgan fingerprint density at radius 1 is 0.833 bits per heavy atom. The molecule has 0 amide bonds. The molecule has 4 heteroatoms. The summed E-state index contributed by atoms with van der Waals surface area (Å²) in [7, 11) is 0. The molecule has 0 saturated carbocycles. The summed E-state index contributed by atoms with van der Waals surface area (Å²) < 4.78 is 1.27. The number of nitrogens with one attached hydrogen (secondary N) is 2. The van der Waals surface area contributed by atoms with Gasteiger partial charge in [-0.05, 0) is 69.3 Å². The van der Waals surface area contributed by atoms with Gasteiger partial charge >= 0.3 is 0 Å². The molecule has 2 N–H and O–H groups in total. The predicted molar refractivity (Wildman–Crippen MR) is 133 cm³/mol. The molecule has 0 spiro atoms. The van der Waals surface area contributed by atoms with Crippen LogP contribution in [0.2, 0.25) is 5.02 Å². The van der Waals surface area contributed by atoms with E-state index < -0.39 is 0 Å². The molecule has 4 rings (SSSR count). The minimum atomic E-state index is 0.186. The zero-order valence-corrected chi connectivity index (χ0v) is 19.2. The lowest BCUT2D eigenvalue weighted by molar-refractivity contribution is 0.590. The van der Waals surface area contributed by atoms with Gasteiger partial charge in [0.2, 0.25) is 0 Å². The van der Waals surface area contributed by atoms with Gasteiger partial charge in [-0.25, -0.2) is 0 Å². The Morgan fingerprint density at radius 3 is 2.23 bits per heavy atom. The lowest BCUT2D eigenvalue weighted by atomic mass is 9.87. The van der Waals surface area contributed by atoms with Crippen LogP contribution in [0.25, 0.3) is 10.1 Å². The van der Waals surface area contributed by atoms with Crippen LogP contribution in [-0.2, 0) is 18.5 Å². The van der Waals surface area contributed by atoms with E-state index in [-0.39, 0.29) is 5.41 Å². The molecule has 0 fully saturated rings. The Bertz CT molecular complexity index is 1140. The maximum Gasteiger partial charge on any atom is 0.0415 e. The number of hydrogen-bond acceptors (Lipinski definition) is 3. The molecule has 0 aliphatic rings. The Balaban J connectivity index is 1.38. The minimum Gasteiger partial charge on any atom is -0.381 e. The summed E-state index contributed by atoms with van der Waals surface area (Å²) in [6.07, 6.45) is 0. The molecule has 0 aliphatic heterocycles. The smallest absolute Gasteiger partial charge is 0.0415 e. The van der Waals surface area contributed by atoms with Gasteiger partial charge in [0.1, 0.15) is 0 Å². The normalized spacial score (nSPS) is 11.6. The fraction of sp³-hybridized carbons (Fsp3) is 0.231. The summed E-state index contributed by atoms with van der Waals surface area (Å²) in [5.74, 6) is 0. The predicted octanol–water partition coefficient (Wildman–Crippen LogP) is 8.08. The van der Waals surface area contributed by atoms with Crippen LogP contribution in [0.15, 0.2) is 72.1 Å². The van der Waals surface area contributed by atoms with Crippen molar-refractivity contribution >= 4 is 44.4 Å². The van der Waals surface area contributed by atoms with Crippen molar-refractivity contribution in [3.05, 3.63) is 93.8 Å². The zero-order chi connectivity index (χ0) is 21.1. The fourth-order valence-corrected chi connectivity index (χ4v) is 4.57. The van der Waals surface area contributed by atoms with Crippen molar-refractivity contribution in [1.82, 2.24) is 0 Å². The number of benzene rings is 3. The molecule has 4 aromatic rings. The Morgan fingerprint density at radius 2 is 1.53 bits per heavy atom. The molecule has 0 aliphatic carbocycles. The number of fused-ring (bicyclic) bond motifs is 1. The summed E-state index contributed by atoms with van der Waals surface area (Å²) in [6, 6.07) is 23.4. The van der Waals surface area contributed by atoms with E-state index in [1.54, 1.807) is 11.3 Å². The third kappa shape index (κ3) is 4.97. The molecule has 3 aromatic carbocycles. The largest absolute Gasteiger partial charge is 0.381 e. The van der Waals surface area contributed by atoms with Gasteiger partial charge in [0, 0.05) is 34.2 Å². The maximum absolute atomic E-state index is 6.18. The van der Waals surface area contributed by atoms with Crippen LogP contribution in [0.5, 0.6) is 0 Å². The van der Waals surface area contributed by atoms with Crippen LogP contribution < -0.4 is 10.6 Å². The monoisotopic (exact) mass is 434 g/mol. The standard InChI is InChI=1S/C26H27ClN2S/c1-26(2,3)20-9-7-18(8-10-20)15-28-22-5-4-6-23(14-22)29-16-19-17-30-25-12-11-21(27)13-24(19)25/h4-14,17,28-29H,15-16H2,1-3H3. The molecular weight excluding hydrogens is 408 g/mol. The number of thiophene rings is 1. The summed E-state index contributed by atoms with van der Waals surface area (Å²) in [4.78, 5) is 0. The second kappa shape index (κ2) is 8.71. The first kappa shape index (κ1) is 20.8. The third-order valence-electron chi connectivity index (χ3n) is 5.28. The first-order valence-electron chi connectivity index (χ1n) is 10.2. The van der Waals surface area contributed by atoms with Gasteiger partial charge in [-0.3, -0.25) is 0 Å². The second-order valence-electron chi connectivity index (χ2n) is 8.64.